The minimum absolute atomic E-state index is 0.0842. The maximum atomic E-state index is 12.5. The lowest BCUT2D eigenvalue weighted by molar-refractivity contribution is 0.0912. The maximum absolute atomic E-state index is 12.5. The van der Waals surface area contributed by atoms with Gasteiger partial charge in [0.25, 0.3) is 5.91 Å². The number of hydrogen-bond acceptors (Lipinski definition) is 3. The number of nitrogens with zero attached hydrogens (tertiary/aromatic N) is 2. The summed E-state index contributed by atoms with van der Waals surface area (Å²) in [6.07, 6.45) is 8.63. The van der Waals surface area contributed by atoms with Gasteiger partial charge in [-0.25, -0.2) is 4.68 Å². The molecule has 6 heteroatoms. The van der Waals surface area contributed by atoms with Crippen molar-refractivity contribution in [2.75, 3.05) is 0 Å². The van der Waals surface area contributed by atoms with Crippen LogP contribution in [0.2, 0.25) is 5.02 Å². The number of carbonyl (C=O) groups excluding carboxylic acids is 1. The zero-order valence-electron chi connectivity index (χ0n) is 13.6. The van der Waals surface area contributed by atoms with Crippen LogP contribution in [0.1, 0.15) is 49.0 Å². The Kier molecular flexibility index (Phi) is 5.75. The van der Waals surface area contributed by atoms with Crippen molar-refractivity contribution >= 4 is 17.5 Å². The van der Waals surface area contributed by atoms with Gasteiger partial charge >= 0.3 is 0 Å². The Labute approximate surface area is 147 Å². The first-order valence-electron chi connectivity index (χ1n) is 8.43. The Morgan fingerprint density at radius 3 is 2.58 bits per heavy atom. The molecule has 1 heterocycles. The van der Waals surface area contributed by atoms with Gasteiger partial charge in [-0.15, -0.1) is 0 Å². The molecule has 0 spiro atoms. The van der Waals surface area contributed by atoms with Crippen molar-refractivity contribution in [3.05, 3.63) is 47.2 Å². The van der Waals surface area contributed by atoms with Gasteiger partial charge in [-0.2, -0.15) is 5.10 Å². The van der Waals surface area contributed by atoms with E-state index in [-0.39, 0.29) is 18.7 Å². The number of nitrogens with one attached hydrogen (secondary N) is 1. The van der Waals surface area contributed by atoms with Crippen LogP contribution in [-0.2, 0) is 6.73 Å². The first kappa shape index (κ1) is 16.8. The van der Waals surface area contributed by atoms with Crippen molar-refractivity contribution in [1.82, 2.24) is 15.1 Å². The largest absolute Gasteiger partial charge is 0.471 e. The van der Waals surface area contributed by atoms with Crippen LogP contribution < -0.4 is 10.1 Å². The molecular formula is C18H22ClN3O2. The summed E-state index contributed by atoms with van der Waals surface area (Å²) in [5.41, 5.74) is 0.521. The summed E-state index contributed by atoms with van der Waals surface area (Å²) < 4.78 is 7.24. The summed E-state index contributed by atoms with van der Waals surface area (Å²) in [5.74, 6) is 0.601. The lowest BCUT2D eigenvalue weighted by Gasteiger charge is -2.16. The van der Waals surface area contributed by atoms with Crippen LogP contribution in [0, 0.1) is 0 Å². The van der Waals surface area contributed by atoms with Crippen LogP contribution in [0.5, 0.6) is 5.75 Å². The fraction of sp³-hybridized carbons (Fsp3) is 0.444. The van der Waals surface area contributed by atoms with E-state index in [0.717, 1.165) is 12.8 Å². The number of halogens is 1. The van der Waals surface area contributed by atoms with Crippen LogP contribution in [0.15, 0.2) is 36.5 Å². The van der Waals surface area contributed by atoms with Gasteiger partial charge in [-0.05, 0) is 43.2 Å². The second-order valence-electron chi connectivity index (χ2n) is 6.11. The molecular weight excluding hydrogens is 326 g/mol. The molecule has 1 aromatic carbocycles. The van der Waals surface area contributed by atoms with E-state index >= 15 is 0 Å². The standard InChI is InChI=1S/C18H22ClN3O2/c19-14-7-9-16(10-8-14)24-13-22-17(11-12-20-22)18(23)21-15-5-3-1-2-4-6-15/h7-12,15H,1-6,13H2,(H,21,23). The highest BCUT2D eigenvalue weighted by Crippen LogP contribution is 2.18. The lowest BCUT2D eigenvalue weighted by Crippen LogP contribution is -2.36. The first-order valence-corrected chi connectivity index (χ1v) is 8.81. The van der Waals surface area contributed by atoms with Gasteiger partial charge in [0, 0.05) is 17.3 Å². The average molecular weight is 348 g/mol. The first-order chi connectivity index (χ1) is 11.7. The molecule has 5 nitrogen and oxygen atoms in total. The maximum Gasteiger partial charge on any atom is 0.269 e. The lowest BCUT2D eigenvalue weighted by atomic mass is 10.1. The number of aromatic nitrogens is 2. The second kappa shape index (κ2) is 8.20. The molecule has 0 aliphatic heterocycles. The molecule has 128 valence electrons. The van der Waals surface area contributed by atoms with E-state index in [1.165, 1.54) is 25.7 Å². The van der Waals surface area contributed by atoms with Crippen LogP contribution >= 0.6 is 11.6 Å². The van der Waals surface area contributed by atoms with Gasteiger partial charge in [0.05, 0.1) is 0 Å². The third-order valence-corrected chi connectivity index (χ3v) is 4.56. The van der Waals surface area contributed by atoms with Crippen molar-refractivity contribution in [2.45, 2.75) is 51.3 Å². The van der Waals surface area contributed by atoms with Crippen molar-refractivity contribution in [3.63, 3.8) is 0 Å². The quantitative estimate of drug-likeness (QED) is 0.831. The topological polar surface area (TPSA) is 56.2 Å². The fourth-order valence-electron chi connectivity index (χ4n) is 2.98. The molecule has 2 aromatic rings. The Bertz CT molecular complexity index is 661. The zero-order chi connectivity index (χ0) is 16.8. The van der Waals surface area contributed by atoms with E-state index in [1.54, 1.807) is 41.2 Å². The average Bonchev–Trinajstić information content (AvgIpc) is 2.91. The van der Waals surface area contributed by atoms with Crippen molar-refractivity contribution in [2.24, 2.45) is 0 Å². The van der Waals surface area contributed by atoms with Crippen LogP contribution in [-0.4, -0.2) is 21.7 Å². The van der Waals surface area contributed by atoms with E-state index in [4.69, 9.17) is 16.3 Å². The third-order valence-electron chi connectivity index (χ3n) is 4.31. The second-order valence-corrected chi connectivity index (χ2v) is 6.54. The summed E-state index contributed by atoms with van der Waals surface area (Å²) in [5, 5.41) is 7.98. The van der Waals surface area contributed by atoms with Gasteiger partial charge in [-0.3, -0.25) is 4.79 Å². The number of carbonyl (C=O) groups is 1. The summed E-state index contributed by atoms with van der Waals surface area (Å²) in [7, 11) is 0. The van der Waals surface area contributed by atoms with Gasteiger partial charge in [0.1, 0.15) is 11.4 Å². The van der Waals surface area contributed by atoms with Gasteiger partial charge in [0.2, 0.25) is 0 Å². The van der Waals surface area contributed by atoms with Crippen molar-refractivity contribution in [3.8, 4) is 5.75 Å². The van der Waals surface area contributed by atoms with Crippen molar-refractivity contribution < 1.29 is 9.53 Å². The van der Waals surface area contributed by atoms with Gasteiger partial charge in [-0.1, -0.05) is 37.3 Å². The highest BCUT2D eigenvalue weighted by Gasteiger charge is 2.18. The SMILES string of the molecule is O=C(NC1CCCCCC1)c1ccnn1COc1ccc(Cl)cc1. The van der Waals surface area contributed by atoms with Crippen molar-refractivity contribution in [1.29, 1.82) is 0 Å². The minimum Gasteiger partial charge on any atom is -0.471 e. The van der Waals surface area contributed by atoms with Gasteiger partial charge < -0.3 is 10.1 Å². The van der Waals surface area contributed by atoms with Crippen LogP contribution in [0.25, 0.3) is 0 Å². The Balaban J connectivity index is 1.59. The molecule has 0 unspecified atom stereocenters. The van der Waals surface area contributed by atoms with Crippen LogP contribution in [0.4, 0.5) is 0 Å². The number of amides is 1. The predicted molar refractivity (Wildman–Crippen MR) is 93.3 cm³/mol. The summed E-state index contributed by atoms with van der Waals surface area (Å²) in [4.78, 5) is 12.5. The molecule has 1 amide bonds. The molecule has 0 radical (unpaired) electrons. The van der Waals surface area contributed by atoms with E-state index in [1.807, 2.05) is 0 Å². The smallest absolute Gasteiger partial charge is 0.269 e. The molecule has 24 heavy (non-hydrogen) atoms. The minimum atomic E-state index is -0.0842. The zero-order valence-corrected chi connectivity index (χ0v) is 14.3. The molecule has 1 aliphatic carbocycles. The summed E-state index contributed by atoms with van der Waals surface area (Å²) >= 11 is 5.86. The van der Waals surface area contributed by atoms with Crippen LogP contribution in [0.3, 0.4) is 0 Å². The normalized spacial score (nSPS) is 15.7. The molecule has 3 rings (SSSR count). The Hall–Kier alpha value is -2.01. The molecule has 1 aromatic heterocycles. The Morgan fingerprint density at radius 1 is 1.17 bits per heavy atom. The Morgan fingerprint density at radius 2 is 1.88 bits per heavy atom. The monoisotopic (exact) mass is 347 g/mol. The predicted octanol–water partition coefficient (Wildman–Crippen LogP) is 4.03. The highest BCUT2D eigenvalue weighted by atomic mass is 35.5. The molecule has 1 aliphatic rings. The molecule has 0 atom stereocenters. The molecule has 1 saturated carbocycles. The van der Waals surface area contributed by atoms with Gasteiger partial charge in [0.15, 0.2) is 6.73 Å². The third kappa shape index (κ3) is 4.51. The molecule has 1 N–H and O–H groups in total. The number of benzene rings is 1. The number of ether oxygens (including phenoxy) is 1. The molecule has 0 saturated heterocycles. The van der Waals surface area contributed by atoms with E-state index < -0.39 is 0 Å². The molecule has 0 bridgehead atoms. The number of rotatable bonds is 5. The van der Waals surface area contributed by atoms with E-state index in [2.05, 4.69) is 10.4 Å². The van der Waals surface area contributed by atoms with E-state index in [0.29, 0.717) is 16.5 Å². The number of hydrogen-bond donors (Lipinski definition) is 1. The summed E-state index contributed by atoms with van der Waals surface area (Å²) in [6.45, 7) is 0.183. The summed E-state index contributed by atoms with van der Waals surface area (Å²) in [6, 6.07) is 9.09. The highest BCUT2D eigenvalue weighted by molar-refractivity contribution is 6.30. The molecule has 1 fully saturated rings. The fourth-order valence-corrected chi connectivity index (χ4v) is 3.10. The van der Waals surface area contributed by atoms with E-state index in [9.17, 15) is 4.79 Å².